The Kier molecular flexibility index (Phi) is 3.44. The first-order valence-corrected chi connectivity index (χ1v) is 6.52. The summed E-state index contributed by atoms with van der Waals surface area (Å²) in [5.41, 5.74) is 1.44. The Hall–Kier alpha value is -0.380. The lowest BCUT2D eigenvalue weighted by atomic mass is 10.0. The van der Waals surface area contributed by atoms with E-state index in [1.807, 2.05) is 11.3 Å². The number of rotatable bonds is 3. The van der Waals surface area contributed by atoms with Crippen molar-refractivity contribution in [1.29, 1.82) is 0 Å². The molecule has 2 heterocycles. The van der Waals surface area contributed by atoms with Crippen molar-refractivity contribution in [1.82, 2.24) is 10.2 Å². The number of nitrogens with one attached hydrogen (secondary N) is 1. The maximum Gasteiger partial charge on any atom is 0.0593 e. The fourth-order valence-electron chi connectivity index (χ4n) is 2.45. The molecule has 1 fully saturated rings. The van der Waals surface area contributed by atoms with E-state index in [-0.39, 0.29) is 0 Å². The van der Waals surface area contributed by atoms with Gasteiger partial charge in [0.05, 0.1) is 6.04 Å². The van der Waals surface area contributed by atoms with Crippen LogP contribution in [0.25, 0.3) is 0 Å². The Morgan fingerprint density at radius 3 is 2.80 bits per heavy atom. The number of aryl methyl sites for hydroxylation is 1. The highest BCUT2D eigenvalue weighted by molar-refractivity contribution is 7.10. The van der Waals surface area contributed by atoms with E-state index in [0.29, 0.717) is 12.1 Å². The van der Waals surface area contributed by atoms with Gasteiger partial charge < -0.3 is 10.2 Å². The summed E-state index contributed by atoms with van der Waals surface area (Å²) < 4.78 is 0. The van der Waals surface area contributed by atoms with Gasteiger partial charge in [0, 0.05) is 10.9 Å². The van der Waals surface area contributed by atoms with Gasteiger partial charge in [0.25, 0.3) is 0 Å². The average molecular weight is 224 g/mol. The number of likely N-dealkylation sites (N-methyl/N-ethyl adjacent to an activating group) is 1. The van der Waals surface area contributed by atoms with Gasteiger partial charge in [-0.25, -0.2) is 0 Å². The Morgan fingerprint density at radius 2 is 2.33 bits per heavy atom. The van der Waals surface area contributed by atoms with Gasteiger partial charge in [0.1, 0.15) is 0 Å². The van der Waals surface area contributed by atoms with Gasteiger partial charge in [-0.2, -0.15) is 0 Å². The van der Waals surface area contributed by atoms with Gasteiger partial charge in [-0.15, -0.1) is 11.3 Å². The van der Waals surface area contributed by atoms with E-state index in [1.54, 1.807) is 0 Å². The van der Waals surface area contributed by atoms with Crippen molar-refractivity contribution in [3.8, 4) is 0 Å². The molecule has 2 atom stereocenters. The normalized spacial score (nSPS) is 23.6. The molecule has 1 saturated heterocycles. The molecule has 1 aliphatic heterocycles. The second kappa shape index (κ2) is 4.64. The molecular formula is C12H20N2S. The number of hydrogen-bond donors (Lipinski definition) is 1. The first kappa shape index (κ1) is 11.1. The third kappa shape index (κ3) is 2.25. The van der Waals surface area contributed by atoms with E-state index in [4.69, 9.17) is 0 Å². The molecule has 2 nitrogen and oxygen atoms in total. The van der Waals surface area contributed by atoms with Crippen LogP contribution in [0.3, 0.4) is 0 Å². The maximum absolute atomic E-state index is 3.62. The molecule has 2 rings (SSSR count). The van der Waals surface area contributed by atoms with Crippen molar-refractivity contribution in [2.24, 2.45) is 0 Å². The molecule has 1 aromatic heterocycles. The fraction of sp³-hybridized carbons (Fsp3) is 0.667. The SMILES string of the molecule is Cc1ccsc1C(C1CCCN1)N(C)C. The van der Waals surface area contributed by atoms with Crippen molar-refractivity contribution in [2.75, 3.05) is 20.6 Å². The number of nitrogens with zero attached hydrogens (tertiary/aromatic N) is 1. The zero-order chi connectivity index (χ0) is 10.8. The molecular weight excluding hydrogens is 204 g/mol. The monoisotopic (exact) mass is 224 g/mol. The molecule has 1 aromatic rings. The fourth-order valence-corrected chi connectivity index (χ4v) is 3.63. The quantitative estimate of drug-likeness (QED) is 0.848. The largest absolute Gasteiger partial charge is 0.312 e. The number of hydrogen-bond acceptors (Lipinski definition) is 3. The van der Waals surface area contributed by atoms with E-state index in [0.717, 1.165) is 0 Å². The van der Waals surface area contributed by atoms with Crippen LogP contribution in [0, 0.1) is 6.92 Å². The van der Waals surface area contributed by atoms with Gasteiger partial charge in [-0.1, -0.05) is 0 Å². The standard InChI is InChI=1S/C12H20N2S/c1-9-6-8-15-12(9)11(14(2)3)10-5-4-7-13-10/h6,8,10-11,13H,4-5,7H2,1-3H3. The highest BCUT2D eigenvalue weighted by Crippen LogP contribution is 2.32. The zero-order valence-corrected chi connectivity index (χ0v) is 10.6. The van der Waals surface area contributed by atoms with Crippen LogP contribution in [-0.2, 0) is 0 Å². The third-order valence-electron chi connectivity index (χ3n) is 3.21. The molecule has 15 heavy (non-hydrogen) atoms. The van der Waals surface area contributed by atoms with Crippen molar-refractivity contribution in [2.45, 2.75) is 31.8 Å². The van der Waals surface area contributed by atoms with Crippen LogP contribution in [0.4, 0.5) is 0 Å². The van der Waals surface area contributed by atoms with Crippen molar-refractivity contribution < 1.29 is 0 Å². The first-order chi connectivity index (χ1) is 7.20. The smallest absolute Gasteiger partial charge is 0.0593 e. The van der Waals surface area contributed by atoms with E-state index in [2.05, 4.69) is 42.7 Å². The predicted molar refractivity (Wildman–Crippen MR) is 66.5 cm³/mol. The van der Waals surface area contributed by atoms with E-state index in [1.165, 1.54) is 29.8 Å². The highest BCUT2D eigenvalue weighted by Gasteiger charge is 2.29. The van der Waals surface area contributed by atoms with Crippen molar-refractivity contribution in [3.05, 3.63) is 21.9 Å². The Labute approximate surface area is 96.3 Å². The summed E-state index contributed by atoms with van der Waals surface area (Å²) in [4.78, 5) is 3.88. The molecule has 2 unspecified atom stereocenters. The predicted octanol–water partition coefficient (Wildman–Crippen LogP) is 2.41. The Bertz CT molecular complexity index is 313. The molecule has 1 N–H and O–H groups in total. The van der Waals surface area contributed by atoms with Gasteiger partial charge in [0.2, 0.25) is 0 Å². The minimum atomic E-state index is 0.549. The van der Waals surface area contributed by atoms with Crippen LogP contribution >= 0.6 is 11.3 Å². The molecule has 0 saturated carbocycles. The van der Waals surface area contributed by atoms with Crippen LogP contribution in [0.15, 0.2) is 11.4 Å². The van der Waals surface area contributed by atoms with Crippen LogP contribution in [0.5, 0.6) is 0 Å². The van der Waals surface area contributed by atoms with Crippen molar-refractivity contribution >= 4 is 11.3 Å². The molecule has 84 valence electrons. The van der Waals surface area contributed by atoms with Crippen LogP contribution in [-0.4, -0.2) is 31.6 Å². The highest BCUT2D eigenvalue weighted by atomic mass is 32.1. The second-order valence-corrected chi connectivity index (χ2v) is 5.53. The zero-order valence-electron chi connectivity index (χ0n) is 9.79. The maximum atomic E-state index is 3.62. The van der Waals surface area contributed by atoms with Crippen LogP contribution in [0.1, 0.15) is 29.3 Å². The molecule has 1 aliphatic rings. The number of thiophene rings is 1. The lowest BCUT2D eigenvalue weighted by Crippen LogP contribution is -2.37. The Balaban J connectivity index is 2.23. The van der Waals surface area contributed by atoms with E-state index >= 15 is 0 Å². The molecule has 0 radical (unpaired) electrons. The topological polar surface area (TPSA) is 15.3 Å². The molecule has 0 aliphatic carbocycles. The minimum Gasteiger partial charge on any atom is -0.312 e. The summed E-state index contributed by atoms with van der Waals surface area (Å²) in [6, 6.07) is 3.41. The minimum absolute atomic E-state index is 0.549. The molecule has 0 spiro atoms. The molecule has 3 heteroatoms. The van der Waals surface area contributed by atoms with E-state index < -0.39 is 0 Å². The summed E-state index contributed by atoms with van der Waals surface area (Å²) in [5.74, 6) is 0. The summed E-state index contributed by atoms with van der Waals surface area (Å²) in [6.07, 6.45) is 2.62. The van der Waals surface area contributed by atoms with Gasteiger partial charge in [-0.05, 0) is 57.4 Å². The average Bonchev–Trinajstić information content (AvgIpc) is 2.79. The lowest BCUT2D eigenvalue weighted by molar-refractivity contribution is 0.247. The van der Waals surface area contributed by atoms with Crippen molar-refractivity contribution in [3.63, 3.8) is 0 Å². The lowest BCUT2D eigenvalue weighted by Gasteiger charge is -2.30. The van der Waals surface area contributed by atoms with Crippen LogP contribution < -0.4 is 5.32 Å². The molecule has 0 amide bonds. The summed E-state index contributed by atoms with van der Waals surface area (Å²) in [6.45, 7) is 3.40. The molecule has 0 bridgehead atoms. The summed E-state index contributed by atoms with van der Waals surface area (Å²) >= 11 is 1.89. The van der Waals surface area contributed by atoms with Crippen LogP contribution in [0.2, 0.25) is 0 Å². The first-order valence-electron chi connectivity index (χ1n) is 5.64. The van der Waals surface area contributed by atoms with Gasteiger partial charge in [-0.3, -0.25) is 0 Å². The molecule has 0 aromatic carbocycles. The second-order valence-electron chi connectivity index (χ2n) is 4.58. The summed E-state index contributed by atoms with van der Waals surface area (Å²) in [5, 5.41) is 5.82. The third-order valence-corrected chi connectivity index (χ3v) is 4.30. The van der Waals surface area contributed by atoms with E-state index in [9.17, 15) is 0 Å². The van der Waals surface area contributed by atoms with Gasteiger partial charge >= 0.3 is 0 Å². The summed E-state index contributed by atoms with van der Waals surface area (Å²) in [7, 11) is 4.37. The van der Waals surface area contributed by atoms with Gasteiger partial charge in [0.15, 0.2) is 0 Å². The Morgan fingerprint density at radius 1 is 1.53 bits per heavy atom.